The number of hydrogen-bond acceptors (Lipinski definition) is 5. The molecule has 0 heterocycles. The molecule has 0 spiro atoms. The predicted molar refractivity (Wildman–Crippen MR) is 80.7 cm³/mol. The van der Waals surface area contributed by atoms with E-state index < -0.39 is 15.6 Å². The number of rotatable bonds is 4. The van der Waals surface area contributed by atoms with Crippen molar-refractivity contribution in [2.75, 3.05) is 12.9 Å². The fourth-order valence-electron chi connectivity index (χ4n) is 1.35. The zero-order valence-corrected chi connectivity index (χ0v) is 15.4. The molecule has 1 rings (SSSR count). The van der Waals surface area contributed by atoms with E-state index >= 15 is 0 Å². The van der Waals surface area contributed by atoms with Crippen LogP contribution in [0.3, 0.4) is 0 Å². The second-order valence-electron chi connectivity index (χ2n) is 3.88. The van der Waals surface area contributed by atoms with Crippen molar-refractivity contribution < 1.29 is 30.9 Å². The molecular weight excluding hydrogens is 408 g/mol. The summed E-state index contributed by atoms with van der Waals surface area (Å²) in [5, 5.41) is 0.520. The molecule has 10 heteroatoms. The average molecular weight is 423 g/mol. The van der Waals surface area contributed by atoms with Gasteiger partial charge in [-0.1, -0.05) is 0 Å². The third-order valence-electron chi connectivity index (χ3n) is 2.37. The SMILES string of the molecule is CCS[C@H](C)c1cccc(OC)c1[Se+].O=S(=O)([O-])C(F)(F)F. The van der Waals surface area contributed by atoms with Crippen molar-refractivity contribution in [1.82, 2.24) is 0 Å². The summed E-state index contributed by atoms with van der Waals surface area (Å²) in [5.41, 5.74) is -4.32. The molecule has 0 aliphatic rings. The summed E-state index contributed by atoms with van der Waals surface area (Å²) in [6, 6.07) is 6.18. The second kappa shape index (κ2) is 9.02. The molecule has 2 radical (unpaired) electrons. The van der Waals surface area contributed by atoms with Crippen molar-refractivity contribution in [2.24, 2.45) is 0 Å². The van der Waals surface area contributed by atoms with Crippen molar-refractivity contribution >= 4 is 42.4 Å². The first-order valence-electron chi connectivity index (χ1n) is 5.93. The molecule has 1 aromatic carbocycles. The van der Waals surface area contributed by atoms with Crippen molar-refractivity contribution in [2.45, 2.75) is 24.6 Å². The molecule has 22 heavy (non-hydrogen) atoms. The Bertz CT molecular complexity index is 576. The van der Waals surface area contributed by atoms with E-state index in [-0.39, 0.29) is 0 Å². The van der Waals surface area contributed by atoms with Gasteiger partial charge in [0.25, 0.3) is 0 Å². The van der Waals surface area contributed by atoms with Crippen LogP contribution >= 0.6 is 11.8 Å². The molecule has 1 aromatic rings. The van der Waals surface area contributed by atoms with Gasteiger partial charge in [0.15, 0.2) is 10.1 Å². The molecule has 0 bridgehead atoms. The molecule has 4 nitrogen and oxygen atoms in total. The Labute approximate surface area is 140 Å². The van der Waals surface area contributed by atoms with Gasteiger partial charge in [0, 0.05) is 0 Å². The second-order valence-corrected chi connectivity index (χ2v) is 7.72. The smallest absolute Gasteiger partial charge is 0.485 e. The molecule has 0 saturated carbocycles. The molecule has 1 atom stereocenters. The molecule has 0 amide bonds. The van der Waals surface area contributed by atoms with Crippen molar-refractivity contribution in [1.29, 1.82) is 0 Å². The van der Waals surface area contributed by atoms with Gasteiger partial charge in [-0.2, -0.15) is 13.2 Å². The normalized spacial score (nSPS) is 13.0. The maximum Gasteiger partial charge on any atom is 0.485 e. The van der Waals surface area contributed by atoms with Gasteiger partial charge in [-0.05, 0) is 0 Å². The molecule has 0 N–H and O–H groups in total. The largest absolute Gasteiger partial charge is 0.741 e. The standard InChI is InChI=1S/C11H15OSSe.CHF3O3S/c1-4-13-8(2)9-6-5-7-10(12-3)11(9)14;2-1(3,4)8(5,6)7/h5-8H,4H2,1-3H3;(H,5,6,7)/q+1;/p-1/t8-;/m1./s1. The van der Waals surface area contributed by atoms with Crippen molar-refractivity contribution in [3.8, 4) is 5.75 Å². The number of alkyl halides is 3. The Balaban J connectivity index is 0.000000472. The summed E-state index contributed by atoms with van der Waals surface area (Å²) in [6.07, 6.45) is 0. The summed E-state index contributed by atoms with van der Waals surface area (Å²) in [5.74, 6) is 2.07. The minimum absolute atomic E-state index is 0.520. The number of thioether (sulfide) groups is 1. The third kappa shape index (κ3) is 6.78. The van der Waals surface area contributed by atoms with Gasteiger partial charge in [0.1, 0.15) is 0 Å². The topological polar surface area (TPSA) is 66.4 Å². The summed E-state index contributed by atoms with van der Waals surface area (Å²) in [6.45, 7) is 4.41. The van der Waals surface area contributed by atoms with Crippen LogP contribution in [0.25, 0.3) is 0 Å². The van der Waals surface area contributed by atoms with E-state index in [0.29, 0.717) is 5.25 Å². The summed E-state index contributed by atoms with van der Waals surface area (Å²) in [4.78, 5) is 0. The van der Waals surface area contributed by atoms with Crippen LogP contribution in [0.4, 0.5) is 13.2 Å². The first-order chi connectivity index (χ1) is 9.95. The van der Waals surface area contributed by atoms with Crippen LogP contribution in [0, 0.1) is 0 Å². The number of hydrogen-bond donors (Lipinski definition) is 0. The third-order valence-corrected chi connectivity index (χ3v) is 4.94. The van der Waals surface area contributed by atoms with Gasteiger partial charge < -0.3 is 4.55 Å². The number of halogens is 3. The van der Waals surface area contributed by atoms with Gasteiger partial charge in [0.05, 0.1) is 0 Å². The fourth-order valence-corrected chi connectivity index (χ4v) is 3.23. The van der Waals surface area contributed by atoms with Gasteiger partial charge in [0.2, 0.25) is 0 Å². The average Bonchev–Trinajstić information content (AvgIpc) is 2.37. The van der Waals surface area contributed by atoms with Gasteiger partial charge in [-0.25, -0.2) is 8.42 Å². The monoisotopic (exact) mass is 424 g/mol. The molecule has 0 aliphatic heterocycles. The Morgan fingerprint density at radius 3 is 2.27 bits per heavy atom. The molecule has 0 aromatic heterocycles. The number of methoxy groups -OCH3 is 1. The molecule has 0 aliphatic carbocycles. The minimum Gasteiger partial charge on any atom is -0.741 e. The quantitative estimate of drug-likeness (QED) is 0.423. The zero-order valence-electron chi connectivity index (χ0n) is 12.0. The van der Waals surface area contributed by atoms with E-state index in [0.717, 1.165) is 16.0 Å². The Morgan fingerprint density at radius 2 is 1.91 bits per heavy atom. The molecule has 0 fully saturated rings. The van der Waals surface area contributed by atoms with Gasteiger partial charge >= 0.3 is 104 Å². The summed E-state index contributed by atoms with van der Waals surface area (Å²) >= 11 is 5.03. The molecular formula is C12H15F3O4S2Se. The van der Waals surface area contributed by atoms with Crippen LogP contribution in [0.1, 0.15) is 24.7 Å². The van der Waals surface area contributed by atoms with Gasteiger partial charge in [-0.3, -0.25) is 0 Å². The first-order valence-corrected chi connectivity index (χ1v) is 9.24. The Hall–Kier alpha value is -0.411. The van der Waals surface area contributed by atoms with Crippen LogP contribution in [-0.4, -0.2) is 47.4 Å². The van der Waals surface area contributed by atoms with E-state index in [4.69, 9.17) is 17.7 Å². The van der Waals surface area contributed by atoms with Crippen LogP contribution in [0.15, 0.2) is 18.2 Å². The fraction of sp³-hybridized carbons (Fsp3) is 0.500. The predicted octanol–water partition coefficient (Wildman–Crippen LogP) is 2.35. The van der Waals surface area contributed by atoms with Crippen LogP contribution < -0.4 is 9.20 Å². The van der Waals surface area contributed by atoms with E-state index in [9.17, 15) is 13.2 Å². The summed E-state index contributed by atoms with van der Waals surface area (Å²) < 4.78 is 65.3. The molecule has 126 valence electrons. The first kappa shape index (κ1) is 21.6. The minimum atomic E-state index is -6.09. The van der Waals surface area contributed by atoms with E-state index in [1.54, 1.807) is 7.11 Å². The Morgan fingerprint density at radius 1 is 1.41 bits per heavy atom. The van der Waals surface area contributed by atoms with E-state index in [1.165, 1.54) is 5.56 Å². The zero-order chi connectivity index (χ0) is 17.6. The number of ether oxygens (including phenoxy) is 1. The van der Waals surface area contributed by atoms with Crippen molar-refractivity contribution in [3.63, 3.8) is 0 Å². The molecule has 0 saturated heterocycles. The van der Waals surface area contributed by atoms with E-state index in [1.807, 2.05) is 23.9 Å². The number of benzene rings is 1. The van der Waals surface area contributed by atoms with Crippen LogP contribution in [0.2, 0.25) is 0 Å². The van der Waals surface area contributed by atoms with Crippen LogP contribution in [-0.2, 0) is 10.1 Å². The Kier molecular flexibility index (Phi) is 8.86. The summed E-state index contributed by atoms with van der Waals surface area (Å²) in [7, 11) is -4.38. The maximum absolute atomic E-state index is 10.7. The van der Waals surface area contributed by atoms with E-state index in [2.05, 4.69) is 35.9 Å². The van der Waals surface area contributed by atoms with Crippen molar-refractivity contribution in [3.05, 3.63) is 23.8 Å². The molecule has 0 unspecified atom stereocenters. The van der Waals surface area contributed by atoms with Crippen LogP contribution in [0.5, 0.6) is 5.75 Å². The van der Waals surface area contributed by atoms with Gasteiger partial charge in [-0.15, -0.1) is 0 Å². The maximum atomic E-state index is 10.7.